The summed E-state index contributed by atoms with van der Waals surface area (Å²) in [5.74, 6) is 0. The molecule has 0 aliphatic heterocycles. The highest BCUT2D eigenvalue weighted by molar-refractivity contribution is 6.16. The number of rotatable bonds is 3. The van der Waals surface area contributed by atoms with Gasteiger partial charge in [-0.05, 0) is 105 Å². The summed E-state index contributed by atoms with van der Waals surface area (Å²) < 4.78 is 4.87. The van der Waals surface area contributed by atoms with Crippen molar-refractivity contribution in [2.75, 3.05) is 0 Å². The third kappa shape index (κ3) is 3.93. The standard InChI is InChI=1S/C49H34N2/c1-49(2)42-18-10-8-16-37(42)39-24-27-46-47(48(39)49)41-30-34(22-26-45(41)50(46)35-14-4-3-5-15-35)33-21-25-44-40(29-33)38-17-9-11-19-43(38)51(44)36-23-20-31-12-6-7-13-32(31)28-36/h3-30H,1-2H3. The number of benzene rings is 8. The Morgan fingerprint density at radius 1 is 0.392 bits per heavy atom. The van der Waals surface area contributed by atoms with Crippen LogP contribution in [-0.4, -0.2) is 9.13 Å². The van der Waals surface area contributed by atoms with Crippen LogP contribution < -0.4 is 0 Å². The van der Waals surface area contributed by atoms with E-state index in [-0.39, 0.29) is 5.41 Å². The molecule has 240 valence electrons. The highest BCUT2D eigenvalue weighted by atomic mass is 15.0. The molecule has 10 aromatic rings. The highest BCUT2D eigenvalue weighted by Gasteiger charge is 2.38. The van der Waals surface area contributed by atoms with Crippen molar-refractivity contribution in [3.63, 3.8) is 0 Å². The molecule has 0 spiro atoms. The van der Waals surface area contributed by atoms with Gasteiger partial charge in [-0.15, -0.1) is 0 Å². The van der Waals surface area contributed by atoms with Crippen LogP contribution in [0.1, 0.15) is 25.0 Å². The Kier molecular flexibility index (Phi) is 5.76. The second kappa shape index (κ2) is 10.3. The minimum atomic E-state index is -0.124. The monoisotopic (exact) mass is 650 g/mol. The quantitative estimate of drug-likeness (QED) is 0.180. The molecular weight excluding hydrogens is 617 g/mol. The lowest BCUT2D eigenvalue weighted by Gasteiger charge is -2.22. The van der Waals surface area contributed by atoms with Crippen molar-refractivity contribution in [2.24, 2.45) is 0 Å². The van der Waals surface area contributed by atoms with Gasteiger partial charge in [0.15, 0.2) is 0 Å². The lowest BCUT2D eigenvalue weighted by molar-refractivity contribution is 0.666. The van der Waals surface area contributed by atoms with E-state index in [0.717, 1.165) is 0 Å². The molecule has 2 nitrogen and oxygen atoms in total. The molecule has 0 bridgehead atoms. The summed E-state index contributed by atoms with van der Waals surface area (Å²) in [6.07, 6.45) is 0. The first-order valence-corrected chi connectivity index (χ1v) is 17.9. The van der Waals surface area contributed by atoms with Crippen LogP contribution in [0.4, 0.5) is 0 Å². The Labute approximate surface area is 296 Å². The average molecular weight is 651 g/mol. The van der Waals surface area contributed by atoms with Crippen LogP contribution in [0.15, 0.2) is 170 Å². The zero-order chi connectivity index (χ0) is 33.8. The molecule has 0 saturated carbocycles. The van der Waals surface area contributed by atoms with E-state index in [9.17, 15) is 0 Å². The molecule has 2 aromatic heterocycles. The van der Waals surface area contributed by atoms with E-state index in [1.165, 1.54) is 99.1 Å². The smallest absolute Gasteiger partial charge is 0.0544 e. The van der Waals surface area contributed by atoms with E-state index in [1.807, 2.05) is 0 Å². The van der Waals surface area contributed by atoms with E-state index in [4.69, 9.17) is 0 Å². The fraction of sp³-hybridized carbons (Fsp3) is 0.0612. The molecule has 0 amide bonds. The molecule has 0 atom stereocenters. The summed E-state index contributed by atoms with van der Waals surface area (Å²) in [7, 11) is 0. The molecular formula is C49H34N2. The van der Waals surface area contributed by atoms with Crippen molar-refractivity contribution in [3.05, 3.63) is 181 Å². The van der Waals surface area contributed by atoms with Crippen LogP contribution in [-0.2, 0) is 5.41 Å². The fourth-order valence-electron chi connectivity index (χ4n) is 9.16. The third-order valence-corrected chi connectivity index (χ3v) is 11.5. The first-order chi connectivity index (χ1) is 25.1. The zero-order valence-electron chi connectivity index (χ0n) is 28.6. The van der Waals surface area contributed by atoms with Gasteiger partial charge < -0.3 is 9.13 Å². The maximum absolute atomic E-state index is 2.45. The van der Waals surface area contributed by atoms with Crippen molar-refractivity contribution < 1.29 is 0 Å². The maximum Gasteiger partial charge on any atom is 0.0544 e. The highest BCUT2D eigenvalue weighted by Crippen LogP contribution is 2.53. The number of aromatic nitrogens is 2. The fourth-order valence-corrected chi connectivity index (χ4v) is 9.16. The van der Waals surface area contributed by atoms with E-state index in [2.05, 4.69) is 193 Å². The molecule has 0 saturated heterocycles. The number of fused-ring (bicyclic) bond motifs is 11. The van der Waals surface area contributed by atoms with Gasteiger partial charge in [-0.25, -0.2) is 0 Å². The summed E-state index contributed by atoms with van der Waals surface area (Å²) in [6.45, 7) is 4.79. The van der Waals surface area contributed by atoms with Crippen LogP contribution in [0.5, 0.6) is 0 Å². The van der Waals surface area contributed by atoms with Gasteiger partial charge in [-0.2, -0.15) is 0 Å². The molecule has 51 heavy (non-hydrogen) atoms. The summed E-state index contributed by atoms with van der Waals surface area (Å²) >= 11 is 0. The first-order valence-electron chi connectivity index (χ1n) is 17.9. The molecule has 0 radical (unpaired) electrons. The van der Waals surface area contributed by atoms with Crippen molar-refractivity contribution >= 4 is 54.4 Å². The van der Waals surface area contributed by atoms with Gasteiger partial charge in [-0.1, -0.05) is 123 Å². The predicted octanol–water partition coefficient (Wildman–Crippen LogP) is 13.0. The first kappa shape index (κ1) is 28.5. The Hall–Kier alpha value is -6.38. The molecule has 8 aromatic carbocycles. The molecule has 11 rings (SSSR count). The van der Waals surface area contributed by atoms with Gasteiger partial charge in [0.05, 0.1) is 22.1 Å². The minimum Gasteiger partial charge on any atom is -0.309 e. The Bertz CT molecular complexity index is 3040. The summed E-state index contributed by atoms with van der Waals surface area (Å²) in [5, 5.41) is 7.68. The van der Waals surface area contributed by atoms with Crippen LogP contribution >= 0.6 is 0 Å². The Morgan fingerprint density at radius 3 is 1.86 bits per heavy atom. The predicted molar refractivity (Wildman–Crippen MR) is 216 cm³/mol. The topological polar surface area (TPSA) is 9.86 Å². The number of para-hydroxylation sites is 2. The van der Waals surface area contributed by atoms with E-state index in [0.29, 0.717) is 0 Å². The van der Waals surface area contributed by atoms with E-state index >= 15 is 0 Å². The van der Waals surface area contributed by atoms with Gasteiger partial charge >= 0.3 is 0 Å². The second-order valence-corrected chi connectivity index (χ2v) is 14.6. The lowest BCUT2D eigenvalue weighted by Crippen LogP contribution is -2.15. The van der Waals surface area contributed by atoms with Crippen molar-refractivity contribution in [1.29, 1.82) is 0 Å². The Balaban J connectivity index is 1.16. The van der Waals surface area contributed by atoms with Crippen LogP contribution in [0.3, 0.4) is 0 Å². The average Bonchev–Trinajstić information content (AvgIpc) is 3.77. The van der Waals surface area contributed by atoms with Crippen LogP contribution in [0.2, 0.25) is 0 Å². The molecule has 1 aliphatic carbocycles. The van der Waals surface area contributed by atoms with Gasteiger partial charge in [0, 0.05) is 38.3 Å². The normalized spacial score (nSPS) is 13.5. The molecule has 0 unspecified atom stereocenters. The molecule has 0 N–H and O–H groups in total. The Morgan fingerprint density at radius 2 is 1.02 bits per heavy atom. The van der Waals surface area contributed by atoms with Gasteiger partial charge in [0.25, 0.3) is 0 Å². The molecule has 2 heteroatoms. The second-order valence-electron chi connectivity index (χ2n) is 14.6. The number of hydrogen-bond acceptors (Lipinski definition) is 0. The minimum absolute atomic E-state index is 0.124. The molecule has 2 heterocycles. The van der Waals surface area contributed by atoms with Crippen LogP contribution in [0, 0.1) is 0 Å². The third-order valence-electron chi connectivity index (χ3n) is 11.5. The van der Waals surface area contributed by atoms with Gasteiger partial charge in [-0.3, -0.25) is 0 Å². The number of hydrogen-bond donors (Lipinski definition) is 0. The van der Waals surface area contributed by atoms with Gasteiger partial charge in [0.2, 0.25) is 0 Å². The van der Waals surface area contributed by atoms with Crippen LogP contribution in [0.25, 0.3) is 88.0 Å². The zero-order valence-corrected chi connectivity index (χ0v) is 28.6. The largest absolute Gasteiger partial charge is 0.309 e. The van der Waals surface area contributed by atoms with Crippen molar-refractivity contribution in [3.8, 4) is 33.6 Å². The summed E-state index contributed by atoms with van der Waals surface area (Å²) in [6, 6.07) is 62.8. The summed E-state index contributed by atoms with van der Waals surface area (Å²) in [4.78, 5) is 0. The lowest BCUT2D eigenvalue weighted by atomic mass is 9.80. The van der Waals surface area contributed by atoms with Gasteiger partial charge in [0.1, 0.15) is 0 Å². The number of nitrogens with zero attached hydrogens (tertiary/aromatic N) is 2. The van der Waals surface area contributed by atoms with E-state index in [1.54, 1.807) is 0 Å². The SMILES string of the molecule is CC1(C)c2ccccc2-c2ccc3c(c21)c1cc(-c2ccc4c(c2)c2ccccc2n4-c2ccc4ccccc4c2)ccc1n3-c1ccccc1. The molecule has 0 fully saturated rings. The van der Waals surface area contributed by atoms with E-state index < -0.39 is 0 Å². The van der Waals surface area contributed by atoms with Crippen molar-refractivity contribution in [2.45, 2.75) is 19.3 Å². The van der Waals surface area contributed by atoms with Crippen molar-refractivity contribution in [1.82, 2.24) is 9.13 Å². The molecule has 1 aliphatic rings. The maximum atomic E-state index is 2.45. The summed E-state index contributed by atoms with van der Waals surface area (Å²) in [5.41, 5.74) is 15.1.